The molecule has 0 saturated carbocycles. The van der Waals surface area contributed by atoms with Crippen molar-refractivity contribution in [2.45, 2.75) is 6.92 Å². The summed E-state index contributed by atoms with van der Waals surface area (Å²) in [7, 11) is 0. The van der Waals surface area contributed by atoms with Gasteiger partial charge in [0.1, 0.15) is 5.15 Å². The highest BCUT2D eigenvalue weighted by Crippen LogP contribution is 2.21. The van der Waals surface area contributed by atoms with Crippen molar-refractivity contribution in [3.8, 4) is 0 Å². The van der Waals surface area contributed by atoms with E-state index < -0.39 is 0 Å². The van der Waals surface area contributed by atoms with Gasteiger partial charge in [-0.2, -0.15) is 0 Å². The molecule has 2 aromatic rings. The Morgan fingerprint density at radius 3 is 2.83 bits per heavy atom. The molecule has 0 fully saturated rings. The lowest BCUT2D eigenvalue weighted by Crippen LogP contribution is -1.83. The van der Waals surface area contributed by atoms with Gasteiger partial charge in [0, 0.05) is 11.1 Å². The first kappa shape index (κ1) is 7.56. The van der Waals surface area contributed by atoms with Crippen molar-refractivity contribution in [1.82, 2.24) is 4.98 Å². The zero-order valence-electron chi connectivity index (χ0n) is 6.71. The van der Waals surface area contributed by atoms with Crippen molar-refractivity contribution in [2.24, 2.45) is 0 Å². The topological polar surface area (TPSA) is 12.9 Å². The minimum Gasteiger partial charge on any atom is -0.241 e. The summed E-state index contributed by atoms with van der Waals surface area (Å²) in [5.74, 6) is 0. The van der Waals surface area contributed by atoms with E-state index in [9.17, 15) is 0 Å². The van der Waals surface area contributed by atoms with Gasteiger partial charge >= 0.3 is 0 Å². The summed E-state index contributed by atoms with van der Waals surface area (Å²) in [4.78, 5) is 4.17. The number of pyridine rings is 1. The van der Waals surface area contributed by atoms with E-state index in [1.54, 1.807) is 0 Å². The van der Waals surface area contributed by atoms with Gasteiger partial charge in [-0.05, 0) is 18.4 Å². The molecule has 0 bridgehead atoms. The Kier molecular flexibility index (Phi) is 1.74. The molecule has 2 rings (SSSR count). The van der Waals surface area contributed by atoms with E-state index in [0.29, 0.717) is 5.15 Å². The number of aromatic nitrogens is 1. The van der Waals surface area contributed by atoms with Crippen LogP contribution in [-0.4, -0.2) is 4.98 Å². The maximum atomic E-state index is 5.95. The Balaban J connectivity index is 2.89. The fourth-order valence-electron chi connectivity index (χ4n) is 1.28. The molecule has 0 aliphatic carbocycles. The van der Waals surface area contributed by atoms with Gasteiger partial charge in [0.15, 0.2) is 0 Å². The Labute approximate surface area is 76.0 Å². The number of hydrogen-bond donors (Lipinski definition) is 0. The average Bonchev–Trinajstić information content (AvgIpc) is 2.04. The Morgan fingerprint density at radius 2 is 2.00 bits per heavy atom. The summed E-state index contributed by atoms with van der Waals surface area (Å²) < 4.78 is 0. The minimum atomic E-state index is 0.589. The van der Waals surface area contributed by atoms with Gasteiger partial charge < -0.3 is 0 Å². The summed E-state index contributed by atoms with van der Waals surface area (Å²) in [6, 6.07) is 10.0. The van der Waals surface area contributed by atoms with Crippen LogP contribution in [0.1, 0.15) is 5.69 Å². The number of fused-ring (bicyclic) bond motifs is 1. The van der Waals surface area contributed by atoms with Gasteiger partial charge in [-0.15, -0.1) is 0 Å². The van der Waals surface area contributed by atoms with Gasteiger partial charge in [0.05, 0.1) is 0 Å². The normalized spacial score (nSPS) is 10.5. The maximum absolute atomic E-state index is 5.95. The number of benzene rings is 1. The standard InChI is InChI=1S/C10H8ClN/c1-7-6-8-4-2-3-5-9(8)10(11)12-7/h2-6H,1H3. The van der Waals surface area contributed by atoms with Crippen molar-refractivity contribution in [1.29, 1.82) is 0 Å². The zero-order valence-corrected chi connectivity index (χ0v) is 7.47. The molecule has 1 aromatic carbocycles. The van der Waals surface area contributed by atoms with Crippen LogP contribution < -0.4 is 0 Å². The predicted octanol–water partition coefficient (Wildman–Crippen LogP) is 3.20. The largest absolute Gasteiger partial charge is 0.241 e. The monoisotopic (exact) mass is 177 g/mol. The van der Waals surface area contributed by atoms with Gasteiger partial charge in [-0.1, -0.05) is 35.9 Å². The van der Waals surface area contributed by atoms with Crippen LogP contribution in [0.2, 0.25) is 5.15 Å². The molecule has 1 aromatic heterocycles. The summed E-state index contributed by atoms with van der Waals surface area (Å²) >= 11 is 5.95. The molecule has 0 saturated heterocycles. The lowest BCUT2D eigenvalue weighted by Gasteiger charge is -2.00. The van der Waals surface area contributed by atoms with Crippen molar-refractivity contribution in [3.05, 3.63) is 41.2 Å². The van der Waals surface area contributed by atoms with Crippen LogP contribution in [0.4, 0.5) is 0 Å². The van der Waals surface area contributed by atoms with E-state index in [1.165, 1.54) is 0 Å². The molecule has 1 nitrogen and oxygen atoms in total. The van der Waals surface area contributed by atoms with Crippen LogP contribution in [0, 0.1) is 6.92 Å². The molecule has 0 unspecified atom stereocenters. The average molecular weight is 178 g/mol. The Morgan fingerprint density at radius 1 is 1.25 bits per heavy atom. The Bertz CT molecular complexity index is 423. The number of hydrogen-bond acceptors (Lipinski definition) is 1. The zero-order chi connectivity index (χ0) is 8.55. The van der Waals surface area contributed by atoms with Crippen LogP contribution in [-0.2, 0) is 0 Å². The van der Waals surface area contributed by atoms with Gasteiger partial charge in [0.25, 0.3) is 0 Å². The highest BCUT2D eigenvalue weighted by atomic mass is 35.5. The minimum absolute atomic E-state index is 0.589. The summed E-state index contributed by atoms with van der Waals surface area (Å²) in [6.45, 7) is 1.94. The number of halogens is 1. The summed E-state index contributed by atoms with van der Waals surface area (Å²) in [5.41, 5.74) is 0.957. The molecule has 12 heavy (non-hydrogen) atoms. The predicted molar refractivity (Wildman–Crippen MR) is 51.5 cm³/mol. The van der Waals surface area contributed by atoms with Gasteiger partial charge in [-0.3, -0.25) is 0 Å². The SMILES string of the molecule is Cc1cc2ccccc2c(Cl)n1. The summed E-state index contributed by atoms with van der Waals surface area (Å²) in [6.07, 6.45) is 0. The third kappa shape index (κ3) is 1.16. The highest BCUT2D eigenvalue weighted by molar-refractivity contribution is 6.34. The van der Waals surface area contributed by atoms with Crippen molar-refractivity contribution < 1.29 is 0 Å². The molecule has 0 N–H and O–H groups in total. The van der Waals surface area contributed by atoms with E-state index in [2.05, 4.69) is 4.98 Å². The second-order valence-electron chi connectivity index (χ2n) is 2.78. The first-order valence-electron chi connectivity index (χ1n) is 3.79. The second-order valence-corrected chi connectivity index (χ2v) is 3.13. The number of aryl methyl sites for hydroxylation is 1. The van der Waals surface area contributed by atoms with Crippen molar-refractivity contribution in [2.75, 3.05) is 0 Å². The lowest BCUT2D eigenvalue weighted by molar-refractivity contribution is 1.22. The molecule has 0 radical (unpaired) electrons. The molecule has 0 aliphatic heterocycles. The van der Waals surface area contributed by atoms with E-state index in [0.717, 1.165) is 16.5 Å². The van der Waals surface area contributed by atoms with Crippen LogP contribution in [0.3, 0.4) is 0 Å². The molecular weight excluding hydrogens is 170 g/mol. The fourth-order valence-corrected chi connectivity index (χ4v) is 1.59. The maximum Gasteiger partial charge on any atom is 0.137 e. The van der Waals surface area contributed by atoms with Crippen LogP contribution >= 0.6 is 11.6 Å². The van der Waals surface area contributed by atoms with Gasteiger partial charge in [-0.25, -0.2) is 4.98 Å². The second kappa shape index (κ2) is 2.76. The number of rotatable bonds is 0. The molecule has 0 aliphatic rings. The van der Waals surface area contributed by atoms with Crippen LogP contribution in [0.15, 0.2) is 30.3 Å². The van der Waals surface area contributed by atoms with E-state index >= 15 is 0 Å². The molecule has 2 heteroatoms. The smallest absolute Gasteiger partial charge is 0.137 e. The molecule has 60 valence electrons. The molecule has 0 spiro atoms. The first-order valence-corrected chi connectivity index (χ1v) is 4.17. The Hall–Kier alpha value is -1.08. The molecule has 0 atom stereocenters. The van der Waals surface area contributed by atoms with E-state index in [4.69, 9.17) is 11.6 Å². The lowest BCUT2D eigenvalue weighted by atomic mass is 10.1. The number of nitrogens with zero attached hydrogens (tertiary/aromatic N) is 1. The summed E-state index contributed by atoms with van der Waals surface area (Å²) in [5, 5.41) is 2.75. The molecule has 1 heterocycles. The van der Waals surface area contributed by atoms with Crippen molar-refractivity contribution in [3.63, 3.8) is 0 Å². The highest BCUT2D eigenvalue weighted by Gasteiger charge is 1.99. The third-order valence-electron chi connectivity index (χ3n) is 1.82. The van der Waals surface area contributed by atoms with Crippen LogP contribution in [0.25, 0.3) is 10.8 Å². The quantitative estimate of drug-likeness (QED) is 0.564. The molecular formula is C10H8ClN. The van der Waals surface area contributed by atoms with E-state index in [1.807, 2.05) is 37.3 Å². The molecule has 0 amide bonds. The van der Waals surface area contributed by atoms with Crippen LogP contribution in [0.5, 0.6) is 0 Å². The fraction of sp³-hybridized carbons (Fsp3) is 0.100. The van der Waals surface area contributed by atoms with Gasteiger partial charge in [0.2, 0.25) is 0 Å². The first-order chi connectivity index (χ1) is 5.77. The van der Waals surface area contributed by atoms with E-state index in [-0.39, 0.29) is 0 Å². The third-order valence-corrected chi connectivity index (χ3v) is 2.11. The van der Waals surface area contributed by atoms with Crippen molar-refractivity contribution >= 4 is 22.4 Å².